The van der Waals surface area contributed by atoms with Crippen molar-refractivity contribution in [3.05, 3.63) is 22.2 Å². The Labute approximate surface area is 110 Å². The van der Waals surface area contributed by atoms with Crippen molar-refractivity contribution in [2.24, 2.45) is 0 Å². The number of hydrogen-bond donors (Lipinski definition) is 0. The van der Waals surface area contributed by atoms with Crippen molar-refractivity contribution in [3.8, 4) is 12.0 Å². The Balaban J connectivity index is 2.52. The lowest BCUT2D eigenvalue weighted by atomic mass is 10.2. The molecule has 0 aliphatic carbocycles. The Bertz CT molecular complexity index is 581. The van der Waals surface area contributed by atoms with Crippen LogP contribution in [0.1, 0.15) is 23.9 Å². The SMILES string of the molecule is CCOc1nc(Cl)nc(-n2nc(C)c(C)c2C)n1. The predicted molar refractivity (Wildman–Crippen MR) is 67.3 cm³/mol. The molecule has 0 aliphatic rings. The van der Waals surface area contributed by atoms with E-state index in [2.05, 4.69) is 20.1 Å². The van der Waals surface area contributed by atoms with E-state index >= 15 is 0 Å². The molecule has 0 radical (unpaired) electrons. The van der Waals surface area contributed by atoms with Crippen LogP contribution in [0.2, 0.25) is 5.28 Å². The van der Waals surface area contributed by atoms with E-state index in [0.717, 1.165) is 17.0 Å². The fourth-order valence-corrected chi connectivity index (χ4v) is 1.67. The van der Waals surface area contributed by atoms with Crippen molar-refractivity contribution in [1.82, 2.24) is 24.7 Å². The molecule has 0 fully saturated rings. The van der Waals surface area contributed by atoms with Crippen LogP contribution in [0.15, 0.2) is 0 Å². The standard InChI is InChI=1S/C11H14ClN5O/c1-5-18-11-14-9(12)13-10(15-11)17-8(4)6(2)7(3)16-17/h5H2,1-4H3. The summed E-state index contributed by atoms with van der Waals surface area (Å²) < 4.78 is 6.88. The van der Waals surface area contributed by atoms with Crippen LogP contribution in [0.25, 0.3) is 5.95 Å². The first-order valence-electron chi connectivity index (χ1n) is 5.60. The summed E-state index contributed by atoms with van der Waals surface area (Å²) in [6.45, 7) is 8.21. The Hall–Kier alpha value is -1.69. The van der Waals surface area contributed by atoms with E-state index in [9.17, 15) is 0 Å². The number of hydrogen-bond acceptors (Lipinski definition) is 5. The number of ether oxygens (including phenoxy) is 1. The minimum atomic E-state index is 0.0913. The third kappa shape index (κ3) is 2.28. The van der Waals surface area contributed by atoms with Crippen LogP contribution in [0.5, 0.6) is 6.01 Å². The molecule has 0 amide bonds. The molecule has 0 saturated heterocycles. The van der Waals surface area contributed by atoms with Crippen LogP contribution >= 0.6 is 11.6 Å². The molecule has 0 spiro atoms. The molecule has 2 aromatic heterocycles. The van der Waals surface area contributed by atoms with Crippen molar-refractivity contribution in [2.45, 2.75) is 27.7 Å². The molecule has 96 valence electrons. The summed E-state index contributed by atoms with van der Waals surface area (Å²) in [7, 11) is 0. The summed E-state index contributed by atoms with van der Waals surface area (Å²) in [5.41, 5.74) is 3.00. The summed E-state index contributed by atoms with van der Waals surface area (Å²) in [6, 6.07) is 0.206. The number of aromatic nitrogens is 5. The molecule has 2 heterocycles. The van der Waals surface area contributed by atoms with Gasteiger partial charge in [-0.2, -0.15) is 20.1 Å². The monoisotopic (exact) mass is 267 g/mol. The zero-order valence-electron chi connectivity index (χ0n) is 10.7. The summed E-state index contributed by atoms with van der Waals surface area (Å²) in [6.07, 6.45) is 0. The second kappa shape index (κ2) is 4.89. The Morgan fingerprint density at radius 3 is 2.44 bits per heavy atom. The van der Waals surface area contributed by atoms with Gasteiger partial charge in [0.2, 0.25) is 5.28 Å². The predicted octanol–water partition coefficient (Wildman–Crippen LogP) is 2.03. The molecule has 0 atom stereocenters. The third-order valence-electron chi connectivity index (χ3n) is 2.69. The van der Waals surface area contributed by atoms with Crippen molar-refractivity contribution in [1.29, 1.82) is 0 Å². The van der Waals surface area contributed by atoms with Gasteiger partial charge in [0.15, 0.2) is 0 Å². The van der Waals surface area contributed by atoms with E-state index in [4.69, 9.17) is 16.3 Å². The maximum Gasteiger partial charge on any atom is 0.322 e. The highest BCUT2D eigenvalue weighted by Gasteiger charge is 2.13. The molecule has 0 N–H and O–H groups in total. The topological polar surface area (TPSA) is 65.7 Å². The third-order valence-corrected chi connectivity index (χ3v) is 2.86. The van der Waals surface area contributed by atoms with Gasteiger partial charge in [-0.3, -0.25) is 0 Å². The summed E-state index contributed by atoms with van der Waals surface area (Å²) in [4.78, 5) is 12.1. The van der Waals surface area contributed by atoms with Crippen LogP contribution < -0.4 is 4.74 Å². The molecule has 0 saturated carbocycles. The second-order valence-corrected chi connectivity index (χ2v) is 4.17. The first-order valence-corrected chi connectivity index (χ1v) is 5.98. The first kappa shape index (κ1) is 12.8. The fraction of sp³-hybridized carbons (Fsp3) is 0.455. The van der Waals surface area contributed by atoms with Crippen molar-refractivity contribution < 1.29 is 4.74 Å². The largest absolute Gasteiger partial charge is 0.464 e. The maximum atomic E-state index is 5.85. The van der Waals surface area contributed by atoms with Gasteiger partial charge in [-0.15, -0.1) is 0 Å². The Morgan fingerprint density at radius 1 is 1.17 bits per heavy atom. The van der Waals surface area contributed by atoms with E-state index in [1.54, 1.807) is 4.68 Å². The minimum absolute atomic E-state index is 0.0913. The van der Waals surface area contributed by atoms with Gasteiger partial charge in [0.05, 0.1) is 12.3 Å². The molecular weight excluding hydrogens is 254 g/mol. The van der Waals surface area contributed by atoms with E-state index < -0.39 is 0 Å². The van der Waals surface area contributed by atoms with Crippen molar-refractivity contribution in [2.75, 3.05) is 6.61 Å². The zero-order chi connectivity index (χ0) is 13.3. The second-order valence-electron chi connectivity index (χ2n) is 3.83. The summed E-state index contributed by atoms with van der Waals surface area (Å²) in [5, 5.41) is 4.46. The lowest BCUT2D eigenvalue weighted by Gasteiger charge is -2.05. The van der Waals surface area contributed by atoms with Crippen LogP contribution in [-0.4, -0.2) is 31.3 Å². The number of rotatable bonds is 3. The average molecular weight is 268 g/mol. The molecular formula is C11H14ClN5O. The van der Waals surface area contributed by atoms with E-state index in [0.29, 0.717) is 12.6 Å². The molecule has 18 heavy (non-hydrogen) atoms. The number of nitrogens with zero attached hydrogens (tertiary/aromatic N) is 5. The average Bonchev–Trinajstić information content (AvgIpc) is 2.57. The molecule has 0 aliphatic heterocycles. The molecule has 0 bridgehead atoms. The summed E-state index contributed by atoms with van der Waals surface area (Å²) in [5.74, 6) is 0.368. The van der Waals surface area contributed by atoms with Gasteiger partial charge in [0.1, 0.15) is 0 Å². The highest BCUT2D eigenvalue weighted by atomic mass is 35.5. The quantitative estimate of drug-likeness (QED) is 0.851. The molecule has 0 aromatic carbocycles. The molecule has 0 unspecified atom stereocenters. The first-order chi connectivity index (χ1) is 8.52. The van der Waals surface area contributed by atoms with Crippen LogP contribution in [-0.2, 0) is 0 Å². The van der Waals surface area contributed by atoms with E-state index in [1.807, 2.05) is 27.7 Å². The Morgan fingerprint density at radius 2 is 1.89 bits per heavy atom. The van der Waals surface area contributed by atoms with E-state index in [-0.39, 0.29) is 11.3 Å². The van der Waals surface area contributed by atoms with Crippen LogP contribution in [0.4, 0.5) is 0 Å². The van der Waals surface area contributed by atoms with Gasteiger partial charge >= 0.3 is 6.01 Å². The van der Waals surface area contributed by atoms with Crippen molar-refractivity contribution in [3.63, 3.8) is 0 Å². The van der Waals surface area contributed by atoms with E-state index in [1.165, 1.54) is 0 Å². The lowest BCUT2D eigenvalue weighted by molar-refractivity contribution is 0.310. The van der Waals surface area contributed by atoms with Gasteiger partial charge in [-0.25, -0.2) is 4.68 Å². The van der Waals surface area contributed by atoms with Gasteiger partial charge < -0.3 is 4.74 Å². The van der Waals surface area contributed by atoms with Crippen molar-refractivity contribution >= 4 is 11.6 Å². The smallest absolute Gasteiger partial charge is 0.322 e. The minimum Gasteiger partial charge on any atom is -0.464 e. The zero-order valence-corrected chi connectivity index (χ0v) is 11.5. The van der Waals surface area contributed by atoms with Gasteiger partial charge in [-0.05, 0) is 44.9 Å². The molecule has 7 heteroatoms. The normalized spacial score (nSPS) is 10.7. The number of halogens is 1. The van der Waals surface area contributed by atoms with Crippen LogP contribution in [0, 0.1) is 20.8 Å². The summed E-state index contributed by atoms with van der Waals surface area (Å²) >= 11 is 5.85. The molecule has 2 aromatic rings. The lowest BCUT2D eigenvalue weighted by Crippen LogP contribution is -2.08. The maximum absolute atomic E-state index is 5.85. The van der Waals surface area contributed by atoms with Gasteiger partial charge in [-0.1, -0.05) is 0 Å². The van der Waals surface area contributed by atoms with Gasteiger partial charge in [0, 0.05) is 5.69 Å². The number of aryl methyl sites for hydroxylation is 1. The van der Waals surface area contributed by atoms with Crippen LogP contribution in [0.3, 0.4) is 0 Å². The molecule has 6 nitrogen and oxygen atoms in total. The van der Waals surface area contributed by atoms with Gasteiger partial charge in [0.25, 0.3) is 5.95 Å². The highest BCUT2D eigenvalue weighted by molar-refractivity contribution is 6.28. The fourth-order valence-electron chi connectivity index (χ4n) is 1.53. The Kier molecular flexibility index (Phi) is 3.47. The molecule has 2 rings (SSSR count). The highest BCUT2D eigenvalue weighted by Crippen LogP contribution is 2.16.